The first-order valence-electron chi connectivity index (χ1n) is 3.86. The maximum atomic E-state index is 11.4. The van der Waals surface area contributed by atoms with Gasteiger partial charge in [-0.25, -0.2) is 0 Å². The number of hydrogen-bond acceptors (Lipinski definition) is 3. The molecule has 1 rings (SSSR count). The Labute approximate surface area is 77.3 Å². The van der Waals surface area contributed by atoms with Crippen molar-refractivity contribution in [3.8, 4) is 0 Å². The lowest BCUT2D eigenvalue weighted by Gasteiger charge is -2.17. The van der Waals surface area contributed by atoms with Crippen molar-refractivity contribution in [1.82, 2.24) is 0 Å². The monoisotopic (exact) mass is 180 g/mol. The molecule has 0 fully saturated rings. The first kappa shape index (κ1) is 9.58. The van der Waals surface area contributed by atoms with E-state index in [1.54, 1.807) is 0 Å². The number of ketones is 1. The summed E-state index contributed by atoms with van der Waals surface area (Å²) in [6.45, 7) is 5.61. The number of carbonyl (C=O) groups excluding carboxylic acids is 1. The standard InChI is InChI=1S/C10H12O3/c1-6-5-8(11)10(13-4)9(12-3)7(6)2/h5H,2H2,1,3-4H3. The van der Waals surface area contributed by atoms with E-state index in [1.807, 2.05) is 6.92 Å². The van der Waals surface area contributed by atoms with Crippen molar-refractivity contribution in [1.29, 1.82) is 0 Å². The second-order valence-electron chi connectivity index (χ2n) is 2.74. The zero-order valence-electron chi connectivity index (χ0n) is 8.01. The Hall–Kier alpha value is -1.51. The van der Waals surface area contributed by atoms with Gasteiger partial charge in [0.25, 0.3) is 0 Å². The zero-order chi connectivity index (χ0) is 10.0. The minimum atomic E-state index is -0.177. The normalized spacial score (nSPS) is 17.3. The Balaban J connectivity index is 3.19. The average molecular weight is 180 g/mol. The van der Waals surface area contributed by atoms with Crippen molar-refractivity contribution >= 4 is 5.78 Å². The summed E-state index contributed by atoms with van der Waals surface area (Å²) < 4.78 is 9.97. The van der Waals surface area contributed by atoms with Gasteiger partial charge >= 0.3 is 0 Å². The molecule has 0 spiro atoms. The number of carbonyl (C=O) groups is 1. The molecule has 0 bridgehead atoms. The van der Waals surface area contributed by atoms with Crippen LogP contribution in [0.4, 0.5) is 0 Å². The molecule has 70 valence electrons. The van der Waals surface area contributed by atoms with Crippen molar-refractivity contribution in [2.45, 2.75) is 6.92 Å². The predicted octanol–water partition coefficient (Wildman–Crippen LogP) is 1.58. The van der Waals surface area contributed by atoms with Crippen LogP contribution in [-0.2, 0) is 14.3 Å². The third-order valence-corrected chi connectivity index (χ3v) is 1.94. The van der Waals surface area contributed by atoms with Gasteiger partial charge in [-0.1, -0.05) is 6.58 Å². The Morgan fingerprint density at radius 2 is 1.77 bits per heavy atom. The summed E-state index contributed by atoms with van der Waals surface area (Å²) in [5, 5.41) is 0. The van der Waals surface area contributed by atoms with Crippen LogP contribution in [0.1, 0.15) is 6.92 Å². The summed E-state index contributed by atoms with van der Waals surface area (Å²) >= 11 is 0. The van der Waals surface area contributed by atoms with Crippen LogP contribution in [0.5, 0.6) is 0 Å². The van der Waals surface area contributed by atoms with Gasteiger partial charge < -0.3 is 9.47 Å². The van der Waals surface area contributed by atoms with Crippen LogP contribution in [0.2, 0.25) is 0 Å². The minimum absolute atomic E-state index is 0.177. The molecule has 13 heavy (non-hydrogen) atoms. The predicted molar refractivity (Wildman–Crippen MR) is 48.9 cm³/mol. The number of allylic oxidation sites excluding steroid dienone is 2. The molecule has 0 saturated carbocycles. The number of rotatable bonds is 2. The first-order chi connectivity index (χ1) is 6.11. The molecule has 3 nitrogen and oxygen atoms in total. The van der Waals surface area contributed by atoms with Gasteiger partial charge in [0.2, 0.25) is 11.5 Å². The Morgan fingerprint density at radius 1 is 1.23 bits per heavy atom. The molecule has 0 N–H and O–H groups in total. The summed E-state index contributed by atoms with van der Waals surface area (Å²) in [6, 6.07) is 0. The van der Waals surface area contributed by atoms with Gasteiger partial charge in [0.1, 0.15) is 0 Å². The lowest BCUT2D eigenvalue weighted by atomic mass is 9.99. The quantitative estimate of drug-likeness (QED) is 0.647. The van der Waals surface area contributed by atoms with Crippen LogP contribution in [0.25, 0.3) is 0 Å². The highest BCUT2D eigenvalue weighted by Gasteiger charge is 2.23. The highest BCUT2D eigenvalue weighted by Crippen LogP contribution is 2.27. The topological polar surface area (TPSA) is 35.5 Å². The first-order valence-corrected chi connectivity index (χ1v) is 3.86. The number of ether oxygens (including phenoxy) is 2. The Kier molecular flexibility index (Phi) is 2.56. The molecule has 0 heterocycles. The molecule has 0 unspecified atom stereocenters. The summed E-state index contributed by atoms with van der Waals surface area (Å²) in [6.07, 6.45) is 1.49. The van der Waals surface area contributed by atoms with Gasteiger partial charge in [-0.05, 0) is 18.6 Å². The molecule has 0 amide bonds. The lowest BCUT2D eigenvalue weighted by molar-refractivity contribution is -0.114. The molecule has 0 atom stereocenters. The molecule has 1 aliphatic carbocycles. The molecule has 0 aromatic heterocycles. The SMILES string of the molecule is C=C1C(C)=CC(=O)C(OC)=C1OC. The van der Waals surface area contributed by atoms with Gasteiger partial charge in [0, 0.05) is 5.57 Å². The van der Waals surface area contributed by atoms with E-state index in [4.69, 9.17) is 9.47 Å². The van der Waals surface area contributed by atoms with Crippen LogP contribution in [0, 0.1) is 0 Å². The maximum Gasteiger partial charge on any atom is 0.224 e. The van der Waals surface area contributed by atoms with E-state index in [9.17, 15) is 4.79 Å². The second-order valence-corrected chi connectivity index (χ2v) is 2.74. The molecule has 0 aromatic carbocycles. The molecule has 3 heteroatoms. The second kappa shape index (κ2) is 3.47. The van der Waals surface area contributed by atoms with E-state index < -0.39 is 0 Å². The average Bonchev–Trinajstić information content (AvgIpc) is 2.10. The summed E-state index contributed by atoms with van der Waals surface area (Å²) in [5.74, 6) is 0.467. The smallest absolute Gasteiger partial charge is 0.224 e. The van der Waals surface area contributed by atoms with E-state index in [-0.39, 0.29) is 11.5 Å². The van der Waals surface area contributed by atoms with Crippen LogP contribution in [-0.4, -0.2) is 20.0 Å². The number of methoxy groups -OCH3 is 2. The third-order valence-electron chi connectivity index (χ3n) is 1.94. The van der Waals surface area contributed by atoms with Crippen LogP contribution < -0.4 is 0 Å². The zero-order valence-corrected chi connectivity index (χ0v) is 8.01. The maximum absolute atomic E-state index is 11.4. The fraction of sp³-hybridized carbons (Fsp3) is 0.300. The summed E-state index contributed by atoms with van der Waals surface area (Å²) in [5.41, 5.74) is 1.50. The van der Waals surface area contributed by atoms with Crippen molar-refractivity contribution in [2.75, 3.05) is 14.2 Å². The fourth-order valence-corrected chi connectivity index (χ4v) is 1.19. The molecular formula is C10H12O3. The molecule has 0 radical (unpaired) electrons. The molecular weight excluding hydrogens is 168 g/mol. The fourth-order valence-electron chi connectivity index (χ4n) is 1.19. The van der Waals surface area contributed by atoms with Gasteiger partial charge in [0.05, 0.1) is 14.2 Å². The van der Waals surface area contributed by atoms with Crippen molar-refractivity contribution in [3.05, 3.63) is 35.3 Å². The largest absolute Gasteiger partial charge is 0.492 e. The lowest BCUT2D eigenvalue weighted by Crippen LogP contribution is -2.13. The minimum Gasteiger partial charge on any atom is -0.492 e. The molecule has 1 aliphatic rings. The van der Waals surface area contributed by atoms with Crippen molar-refractivity contribution in [3.63, 3.8) is 0 Å². The van der Waals surface area contributed by atoms with Crippen LogP contribution in [0.15, 0.2) is 35.3 Å². The Morgan fingerprint density at radius 3 is 2.23 bits per heavy atom. The van der Waals surface area contributed by atoms with Crippen LogP contribution in [0.3, 0.4) is 0 Å². The highest BCUT2D eigenvalue weighted by molar-refractivity contribution is 6.05. The van der Waals surface area contributed by atoms with E-state index in [0.717, 1.165) is 5.57 Å². The summed E-state index contributed by atoms with van der Waals surface area (Å²) in [7, 11) is 2.93. The van der Waals surface area contributed by atoms with Gasteiger partial charge in [0.15, 0.2) is 5.76 Å². The van der Waals surface area contributed by atoms with Gasteiger partial charge in [-0.2, -0.15) is 0 Å². The summed E-state index contributed by atoms with van der Waals surface area (Å²) in [4.78, 5) is 11.4. The number of hydrogen-bond donors (Lipinski definition) is 0. The van der Waals surface area contributed by atoms with E-state index in [1.165, 1.54) is 20.3 Å². The van der Waals surface area contributed by atoms with E-state index in [2.05, 4.69) is 6.58 Å². The van der Waals surface area contributed by atoms with Gasteiger partial charge in [-0.3, -0.25) is 4.79 Å². The van der Waals surface area contributed by atoms with Crippen LogP contribution >= 0.6 is 0 Å². The molecule has 0 aliphatic heterocycles. The van der Waals surface area contributed by atoms with E-state index in [0.29, 0.717) is 11.3 Å². The molecule has 0 aromatic rings. The van der Waals surface area contributed by atoms with E-state index >= 15 is 0 Å². The van der Waals surface area contributed by atoms with Crippen molar-refractivity contribution < 1.29 is 14.3 Å². The Bertz CT molecular complexity index is 321. The highest BCUT2D eigenvalue weighted by atomic mass is 16.5. The third kappa shape index (κ3) is 1.49. The van der Waals surface area contributed by atoms with Gasteiger partial charge in [-0.15, -0.1) is 0 Å². The van der Waals surface area contributed by atoms with Crippen molar-refractivity contribution in [2.24, 2.45) is 0 Å². The molecule has 0 saturated heterocycles.